The van der Waals surface area contributed by atoms with Crippen molar-refractivity contribution in [2.45, 2.75) is 25.4 Å². The lowest BCUT2D eigenvalue weighted by Gasteiger charge is -2.25. The average Bonchev–Trinajstić information content (AvgIpc) is 3.53. The second kappa shape index (κ2) is 9.42. The number of amides is 1. The number of halogens is 1. The zero-order valence-corrected chi connectivity index (χ0v) is 18.6. The fourth-order valence-electron chi connectivity index (χ4n) is 4.10. The zero-order chi connectivity index (χ0) is 22.6. The van der Waals surface area contributed by atoms with E-state index in [0.29, 0.717) is 35.3 Å². The molecule has 8 heteroatoms. The maximum absolute atomic E-state index is 13.6. The van der Waals surface area contributed by atoms with Gasteiger partial charge in [0.2, 0.25) is 5.88 Å². The third-order valence-corrected chi connectivity index (χ3v) is 5.91. The topological polar surface area (TPSA) is 73.1 Å². The van der Waals surface area contributed by atoms with E-state index in [4.69, 9.17) is 16.3 Å². The lowest BCUT2D eigenvalue weighted by Crippen LogP contribution is -2.32. The predicted molar refractivity (Wildman–Crippen MR) is 124 cm³/mol. The molecule has 1 saturated heterocycles. The summed E-state index contributed by atoms with van der Waals surface area (Å²) in [6.07, 6.45) is 8.63. The number of aromatic nitrogens is 4. The first-order valence-electron chi connectivity index (χ1n) is 10.8. The van der Waals surface area contributed by atoms with E-state index in [1.165, 1.54) is 0 Å². The maximum atomic E-state index is 13.6. The van der Waals surface area contributed by atoms with Gasteiger partial charge in [0.15, 0.2) is 0 Å². The van der Waals surface area contributed by atoms with E-state index in [9.17, 15) is 4.79 Å². The molecule has 1 aliphatic heterocycles. The van der Waals surface area contributed by atoms with Gasteiger partial charge < -0.3 is 9.64 Å². The Kier molecular flexibility index (Phi) is 6.04. The summed E-state index contributed by atoms with van der Waals surface area (Å²) >= 11 is 5.95. The Morgan fingerprint density at radius 2 is 1.94 bits per heavy atom. The molecule has 0 spiro atoms. The van der Waals surface area contributed by atoms with Gasteiger partial charge in [-0.2, -0.15) is 5.10 Å². The van der Waals surface area contributed by atoms with Crippen molar-refractivity contribution in [2.24, 2.45) is 0 Å². The number of benzene rings is 2. The maximum Gasteiger partial charge on any atom is 0.254 e. The third-order valence-electron chi connectivity index (χ3n) is 5.66. The largest absolute Gasteiger partial charge is 0.437 e. The van der Waals surface area contributed by atoms with Crippen LogP contribution in [0.5, 0.6) is 11.6 Å². The van der Waals surface area contributed by atoms with Crippen LogP contribution in [-0.2, 0) is 6.54 Å². The molecule has 2 aromatic heterocycles. The minimum Gasteiger partial charge on any atom is -0.437 e. The van der Waals surface area contributed by atoms with E-state index < -0.39 is 0 Å². The molecule has 0 bridgehead atoms. The molecule has 4 aromatic rings. The van der Waals surface area contributed by atoms with E-state index in [1.54, 1.807) is 42.9 Å². The van der Waals surface area contributed by atoms with Gasteiger partial charge in [-0.1, -0.05) is 29.8 Å². The molecule has 0 radical (unpaired) electrons. The Balaban J connectivity index is 1.38. The molecule has 0 unspecified atom stereocenters. The standard InChI is InChI=1S/C25H22ClN5O2/c26-19-8-10-20(11-9-19)33-24-16-27-15-22(29-24)23-7-3-14-31(23)25(32)21-6-2-1-5-18(21)17-30-13-4-12-28-30/h1-2,4-6,8-13,15-16,23H,3,7,14,17H2/t23-/m1/s1. The highest BCUT2D eigenvalue weighted by molar-refractivity contribution is 6.30. The lowest BCUT2D eigenvalue weighted by molar-refractivity contribution is 0.0731. The second-order valence-electron chi connectivity index (χ2n) is 7.86. The van der Waals surface area contributed by atoms with Crippen LogP contribution in [0.4, 0.5) is 0 Å². The molecule has 1 amide bonds. The normalized spacial score (nSPS) is 15.5. The van der Waals surface area contributed by atoms with E-state index in [2.05, 4.69) is 15.1 Å². The quantitative estimate of drug-likeness (QED) is 0.399. The van der Waals surface area contributed by atoms with E-state index in [1.807, 2.05) is 46.1 Å². The molecule has 0 N–H and O–H groups in total. The van der Waals surface area contributed by atoms with Gasteiger partial charge >= 0.3 is 0 Å². The summed E-state index contributed by atoms with van der Waals surface area (Å²) in [6.45, 7) is 1.21. The van der Waals surface area contributed by atoms with Crippen molar-refractivity contribution in [3.63, 3.8) is 0 Å². The van der Waals surface area contributed by atoms with Crippen LogP contribution in [0.15, 0.2) is 79.4 Å². The number of nitrogens with zero attached hydrogens (tertiary/aromatic N) is 5. The Morgan fingerprint density at radius 1 is 1.09 bits per heavy atom. The molecule has 0 saturated carbocycles. The summed E-state index contributed by atoms with van der Waals surface area (Å²) in [5, 5.41) is 4.91. The molecule has 33 heavy (non-hydrogen) atoms. The number of likely N-dealkylation sites (tertiary alicyclic amines) is 1. The van der Waals surface area contributed by atoms with Gasteiger partial charge in [-0.05, 0) is 54.8 Å². The summed E-state index contributed by atoms with van der Waals surface area (Å²) in [5.41, 5.74) is 2.33. The number of hydrogen-bond donors (Lipinski definition) is 0. The van der Waals surface area contributed by atoms with Crippen molar-refractivity contribution >= 4 is 17.5 Å². The number of hydrogen-bond acceptors (Lipinski definition) is 5. The molecule has 3 heterocycles. The van der Waals surface area contributed by atoms with E-state index >= 15 is 0 Å². The van der Waals surface area contributed by atoms with Gasteiger partial charge in [0, 0.05) is 29.5 Å². The number of carbonyl (C=O) groups excluding carboxylic acids is 1. The first kappa shape index (κ1) is 21.2. The van der Waals surface area contributed by atoms with Crippen molar-refractivity contribution < 1.29 is 9.53 Å². The highest BCUT2D eigenvalue weighted by Crippen LogP contribution is 2.33. The summed E-state index contributed by atoms with van der Waals surface area (Å²) < 4.78 is 7.66. The van der Waals surface area contributed by atoms with Crippen molar-refractivity contribution in [3.05, 3.63) is 101 Å². The van der Waals surface area contributed by atoms with Crippen LogP contribution in [-0.4, -0.2) is 37.1 Å². The van der Waals surface area contributed by atoms with Gasteiger partial charge in [0.05, 0.1) is 30.7 Å². The number of rotatable bonds is 6. The van der Waals surface area contributed by atoms with Crippen molar-refractivity contribution in [2.75, 3.05) is 6.54 Å². The van der Waals surface area contributed by atoms with Crippen molar-refractivity contribution in [1.29, 1.82) is 0 Å². The zero-order valence-electron chi connectivity index (χ0n) is 17.8. The van der Waals surface area contributed by atoms with Crippen molar-refractivity contribution in [1.82, 2.24) is 24.6 Å². The average molecular weight is 460 g/mol. The molecular formula is C25H22ClN5O2. The summed E-state index contributed by atoms with van der Waals surface area (Å²) in [4.78, 5) is 24.4. The highest BCUT2D eigenvalue weighted by atomic mass is 35.5. The van der Waals surface area contributed by atoms with Crippen molar-refractivity contribution in [3.8, 4) is 11.6 Å². The van der Waals surface area contributed by atoms with Gasteiger partial charge in [-0.25, -0.2) is 4.98 Å². The SMILES string of the molecule is O=C(c1ccccc1Cn1cccn1)N1CCC[C@@H]1c1cncc(Oc2ccc(Cl)cc2)n1. The monoisotopic (exact) mass is 459 g/mol. The van der Waals surface area contributed by atoms with Crippen LogP contribution in [0.25, 0.3) is 0 Å². The summed E-state index contributed by atoms with van der Waals surface area (Å²) in [6, 6.07) is 16.5. The summed E-state index contributed by atoms with van der Waals surface area (Å²) in [5.74, 6) is 0.997. The molecule has 2 aromatic carbocycles. The number of ether oxygens (including phenoxy) is 1. The Labute approximate surface area is 196 Å². The first-order chi connectivity index (χ1) is 16.2. The van der Waals surface area contributed by atoms with Crippen LogP contribution in [0.2, 0.25) is 5.02 Å². The van der Waals surface area contributed by atoms with Crippen LogP contribution in [0.3, 0.4) is 0 Å². The molecule has 1 aliphatic rings. The highest BCUT2D eigenvalue weighted by Gasteiger charge is 2.33. The van der Waals surface area contributed by atoms with Gasteiger partial charge in [0.1, 0.15) is 5.75 Å². The molecule has 1 atom stereocenters. The Hall–Kier alpha value is -3.71. The second-order valence-corrected chi connectivity index (χ2v) is 8.29. The summed E-state index contributed by atoms with van der Waals surface area (Å²) in [7, 11) is 0. The third kappa shape index (κ3) is 4.73. The fraction of sp³-hybridized carbons (Fsp3) is 0.200. The van der Waals surface area contributed by atoms with Crippen LogP contribution >= 0.6 is 11.6 Å². The minimum absolute atomic E-state index is 0.00826. The predicted octanol–water partition coefficient (Wildman–Crippen LogP) is 5.14. The number of carbonyl (C=O) groups is 1. The van der Waals surface area contributed by atoms with Gasteiger partial charge in [-0.15, -0.1) is 0 Å². The molecule has 5 rings (SSSR count). The van der Waals surface area contributed by atoms with Gasteiger partial charge in [-0.3, -0.25) is 14.5 Å². The molecule has 0 aliphatic carbocycles. The molecule has 166 valence electrons. The first-order valence-corrected chi connectivity index (χ1v) is 11.2. The lowest BCUT2D eigenvalue weighted by atomic mass is 10.0. The smallest absolute Gasteiger partial charge is 0.254 e. The minimum atomic E-state index is -0.156. The Bertz CT molecular complexity index is 1240. The molecular weight excluding hydrogens is 438 g/mol. The fourth-order valence-corrected chi connectivity index (χ4v) is 4.23. The molecule has 1 fully saturated rings. The Morgan fingerprint density at radius 3 is 2.76 bits per heavy atom. The van der Waals surface area contributed by atoms with Gasteiger partial charge in [0.25, 0.3) is 5.91 Å². The van der Waals surface area contributed by atoms with Crippen LogP contribution in [0, 0.1) is 0 Å². The van der Waals surface area contributed by atoms with Crippen LogP contribution in [0.1, 0.15) is 40.5 Å². The van der Waals surface area contributed by atoms with E-state index in [-0.39, 0.29) is 11.9 Å². The molecule has 7 nitrogen and oxygen atoms in total. The van der Waals surface area contributed by atoms with E-state index in [0.717, 1.165) is 24.1 Å². The van der Waals surface area contributed by atoms with Crippen LogP contribution < -0.4 is 4.74 Å².